The van der Waals surface area contributed by atoms with Gasteiger partial charge in [0.25, 0.3) is 5.69 Å². The summed E-state index contributed by atoms with van der Waals surface area (Å²) >= 11 is 0. The Bertz CT molecular complexity index is 629. The van der Waals surface area contributed by atoms with Gasteiger partial charge in [-0.3, -0.25) is 14.9 Å². The summed E-state index contributed by atoms with van der Waals surface area (Å²) < 4.78 is 0. The molecule has 0 aliphatic heterocycles. The van der Waals surface area contributed by atoms with Crippen molar-refractivity contribution in [3.63, 3.8) is 0 Å². The Morgan fingerprint density at radius 3 is 2.68 bits per heavy atom. The number of carbonyl (C=O) groups is 1. The molecule has 0 unspecified atom stereocenters. The van der Waals surface area contributed by atoms with Gasteiger partial charge in [0.2, 0.25) is 0 Å². The first-order valence-corrected chi connectivity index (χ1v) is 5.96. The van der Waals surface area contributed by atoms with E-state index >= 15 is 0 Å². The van der Waals surface area contributed by atoms with Crippen LogP contribution in [-0.2, 0) is 0 Å². The van der Waals surface area contributed by atoms with Crippen molar-refractivity contribution in [2.24, 2.45) is 0 Å². The smallest absolute Gasteiger partial charge is 0.270 e. The number of aromatic nitrogens is 1. The van der Waals surface area contributed by atoms with Gasteiger partial charge < -0.3 is 4.98 Å². The molecule has 98 valence electrons. The van der Waals surface area contributed by atoms with Crippen LogP contribution in [0.25, 0.3) is 0 Å². The molecule has 5 nitrogen and oxygen atoms in total. The van der Waals surface area contributed by atoms with Crippen molar-refractivity contribution in [3.05, 3.63) is 63.5 Å². The summed E-state index contributed by atoms with van der Waals surface area (Å²) in [5, 5.41) is 10.7. The van der Waals surface area contributed by atoms with Gasteiger partial charge in [-0.1, -0.05) is 26.0 Å². The monoisotopic (exact) mass is 258 g/mol. The highest BCUT2D eigenvalue weighted by Crippen LogP contribution is 2.23. The zero-order chi connectivity index (χ0) is 14.0. The number of nitrogens with one attached hydrogen (secondary N) is 1. The zero-order valence-electron chi connectivity index (χ0n) is 10.7. The number of aromatic amines is 1. The average Bonchev–Trinajstić information content (AvgIpc) is 2.87. The van der Waals surface area contributed by atoms with Crippen molar-refractivity contribution in [2.45, 2.75) is 19.8 Å². The molecule has 1 N–H and O–H groups in total. The van der Waals surface area contributed by atoms with E-state index in [0.29, 0.717) is 11.1 Å². The molecule has 0 amide bonds. The number of ketones is 1. The summed E-state index contributed by atoms with van der Waals surface area (Å²) in [7, 11) is 0. The summed E-state index contributed by atoms with van der Waals surface area (Å²) in [5.74, 6) is 0.0116. The predicted molar refractivity (Wildman–Crippen MR) is 71.4 cm³/mol. The minimum absolute atomic E-state index is 0.0764. The number of non-ortho nitro benzene ring substituents is 1. The predicted octanol–water partition coefficient (Wildman–Crippen LogP) is 3.28. The van der Waals surface area contributed by atoms with Gasteiger partial charge in [0.05, 0.1) is 4.92 Å². The molecule has 0 fully saturated rings. The van der Waals surface area contributed by atoms with Gasteiger partial charge in [0.1, 0.15) is 0 Å². The van der Waals surface area contributed by atoms with E-state index < -0.39 is 4.92 Å². The minimum Gasteiger partial charge on any atom is -0.367 e. The van der Waals surface area contributed by atoms with Gasteiger partial charge in [0.15, 0.2) is 5.78 Å². The lowest BCUT2D eigenvalue weighted by Gasteiger charge is -2.06. The maximum Gasteiger partial charge on any atom is 0.270 e. The Balaban J connectivity index is 2.41. The van der Waals surface area contributed by atoms with E-state index in [9.17, 15) is 14.9 Å². The third kappa shape index (κ3) is 2.54. The number of hydrogen-bond acceptors (Lipinski definition) is 3. The summed E-state index contributed by atoms with van der Waals surface area (Å²) in [6.45, 7) is 3.99. The second-order valence-electron chi connectivity index (χ2n) is 4.62. The van der Waals surface area contributed by atoms with E-state index in [1.54, 1.807) is 18.5 Å². The summed E-state index contributed by atoms with van der Waals surface area (Å²) in [6, 6.07) is 5.79. The van der Waals surface area contributed by atoms with E-state index in [1.807, 2.05) is 13.8 Å². The normalized spacial score (nSPS) is 10.7. The first-order chi connectivity index (χ1) is 9.00. The second kappa shape index (κ2) is 5.06. The molecule has 2 aromatic rings. The van der Waals surface area contributed by atoms with Gasteiger partial charge in [-0.05, 0) is 11.5 Å². The van der Waals surface area contributed by atoms with Crippen molar-refractivity contribution in [2.75, 3.05) is 0 Å². The Kier molecular flexibility index (Phi) is 3.46. The van der Waals surface area contributed by atoms with Crippen LogP contribution < -0.4 is 0 Å². The van der Waals surface area contributed by atoms with E-state index in [-0.39, 0.29) is 17.4 Å². The molecular weight excluding hydrogens is 244 g/mol. The third-order valence-corrected chi connectivity index (χ3v) is 2.96. The minimum atomic E-state index is -0.503. The van der Waals surface area contributed by atoms with E-state index in [2.05, 4.69) is 4.98 Å². The van der Waals surface area contributed by atoms with Crippen molar-refractivity contribution < 1.29 is 9.72 Å². The molecule has 1 aromatic heterocycles. The van der Waals surface area contributed by atoms with Gasteiger partial charge >= 0.3 is 0 Å². The van der Waals surface area contributed by atoms with Gasteiger partial charge in [-0.2, -0.15) is 0 Å². The van der Waals surface area contributed by atoms with E-state index in [1.165, 1.54) is 18.2 Å². The van der Waals surface area contributed by atoms with Crippen LogP contribution in [0.1, 0.15) is 41.3 Å². The lowest BCUT2D eigenvalue weighted by atomic mass is 9.96. The summed E-state index contributed by atoms with van der Waals surface area (Å²) in [4.78, 5) is 25.5. The highest BCUT2D eigenvalue weighted by Gasteiger charge is 2.18. The van der Waals surface area contributed by atoms with Crippen LogP contribution in [0, 0.1) is 10.1 Å². The molecule has 19 heavy (non-hydrogen) atoms. The number of carbonyl (C=O) groups excluding carboxylic acids is 1. The first-order valence-electron chi connectivity index (χ1n) is 5.96. The fourth-order valence-corrected chi connectivity index (χ4v) is 1.97. The fourth-order valence-electron chi connectivity index (χ4n) is 1.97. The van der Waals surface area contributed by atoms with E-state index in [4.69, 9.17) is 0 Å². The Morgan fingerprint density at radius 1 is 1.32 bits per heavy atom. The Hall–Kier alpha value is -2.43. The topological polar surface area (TPSA) is 76.0 Å². The number of rotatable bonds is 4. The van der Waals surface area contributed by atoms with Crippen LogP contribution in [0.5, 0.6) is 0 Å². The third-order valence-electron chi connectivity index (χ3n) is 2.96. The highest BCUT2D eigenvalue weighted by atomic mass is 16.6. The number of nitrogens with zero attached hydrogens (tertiary/aromatic N) is 1. The fraction of sp³-hybridized carbons (Fsp3) is 0.214. The van der Waals surface area contributed by atoms with Crippen molar-refractivity contribution in [3.8, 4) is 0 Å². The number of hydrogen-bond donors (Lipinski definition) is 1. The molecule has 1 aromatic carbocycles. The van der Waals surface area contributed by atoms with Crippen LogP contribution in [0.3, 0.4) is 0 Å². The van der Waals surface area contributed by atoms with E-state index in [0.717, 1.165) is 5.56 Å². The maximum absolute atomic E-state index is 12.4. The van der Waals surface area contributed by atoms with Crippen LogP contribution in [0.2, 0.25) is 0 Å². The zero-order valence-corrected chi connectivity index (χ0v) is 10.7. The van der Waals surface area contributed by atoms with Crippen molar-refractivity contribution in [1.29, 1.82) is 0 Å². The molecule has 2 rings (SSSR count). The standard InChI is InChI=1S/C14H14N2O3/c1-9(2)12-7-15-8-13(12)14(17)10-4-3-5-11(6-10)16(18)19/h3-9,15H,1-2H3. The molecule has 0 aliphatic carbocycles. The second-order valence-corrected chi connectivity index (χ2v) is 4.62. The molecule has 5 heteroatoms. The Labute approximate surface area is 110 Å². The van der Waals surface area contributed by atoms with Crippen LogP contribution in [0.15, 0.2) is 36.7 Å². The molecule has 0 spiro atoms. The van der Waals surface area contributed by atoms with Crippen LogP contribution >= 0.6 is 0 Å². The molecular formula is C14H14N2O3. The molecule has 0 saturated heterocycles. The lowest BCUT2D eigenvalue weighted by Crippen LogP contribution is -2.04. The quantitative estimate of drug-likeness (QED) is 0.519. The van der Waals surface area contributed by atoms with Crippen LogP contribution in [0.4, 0.5) is 5.69 Å². The first kappa shape index (κ1) is 13.0. The summed E-state index contributed by atoms with van der Waals surface area (Å²) in [5.41, 5.74) is 1.73. The molecule has 0 atom stereocenters. The number of nitro benzene ring substituents is 1. The van der Waals surface area contributed by atoms with Crippen molar-refractivity contribution >= 4 is 11.5 Å². The average molecular weight is 258 g/mol. The largest absolute Gasteiger partial charge is 0.367 e. The number of benzene rings is 1. The van der Waals surface area contributed by atoms with Gasteiger partial charge in [0, 0.05) is 35.7 Å². The van der Waals surface area contributed by atoms with Gasteiger partial charge in [-0.25, -0.2) is 0 Å². The molecule has 0 aliphatic rings. The lowest BCUT2D eigenvalue weighted by molar-refractivity contribution is -0.384. The molecule has 1 heterocycles. The number of H-pyrrole nitrogens is 1. The number of nitro groups is 1. The van der Waals surface area contributed by atoms with Crippen molar-refractivity contribution in [1.82, 2.24) is 4.98 Å². The van der Waals surface area contributed by atoms with Gasteiger partial charge in [-0.15, -0.1) is 0 Å². The molecule has 0 bridgehead atoms. The van der Waals surface area contributed by atoms with Crippen LogP contribution in [-0.4, -0.2) is 15.7 Å². The maximum atomic E-state index is 12.4. The highest BCUT2D eigenvalue weighted by molar-refractivity contribution is 6.10. The molecule has 0 saturated carbocycles. The summed E-state index contributed by atoms with van der Waals surface area (Å²) in [6.07, 6.45) is 3.42. The SMILES string of the molecule is CC(C)c1c[nH]cc1C(=O)c1cccc([N+](=O)[O-])c1. The molecule has 0 radical (unpaired) electrons. The Morgan fingerprint density at radius 2 is 2.05 bits per heavy atom.